The summed E-state index contributed by atoms with van der Waals surface area (Å²) in [4.78, 5) is 22.1. The third kappa shape index (κ3) is 7.79. The summed E-state index contributed by atoms with van der Waals surface area (Å²) in [7, 11) is -2.45. The van der Waals surface area contributed by atoms with Gasteiger partial charge in [-0.2, -0.15) is 10.1 Å². The number of benzene rings is 3. The highest BCUT2D eigenvalue weighted by Crippen LogP contribution is 2.35. The van der Waals surface area contributed by atoms with Crippen molar-refractivity contribution in [1.29, 1.82) is 0 Å². The number of nitrogens with zero attached hydrogens (tertiary/aromatic N) is 5. The van der Waals surface area contributed by atoms with E-state index in [4.69, 9.17) is 10.1 Å². The molecule has 11 nitrogen and oxygen atoms in total. The van der Waals surface area contributed by atoms with Gasteiger partial charge in [0.05, 0.1) is 28.1 Å². The first-order chi connectivity index (χ1) is 24.1. The van der Waals surface area contributed by atoms with Crippen molar-refractivity contribution in [3.63, 3.8) is 0 Å². The number of carbonyl (C=O) groups excluding carboxylic acids is 1. The number of carbonyl (C=O) groups is 1. The Morgan fingerprint density at radius 1 is 0.980 bits per heavy atom. The predicted molar refractivity (Wildman–Crippen MR) is 192 cm³/mol. The molecule has 2 heterocycles. The molecule has 1 fully saturated rings. The molecule has 0 bridgehead atoms. The summed E-state index contributed by atoms with van der Waals surface area (Å²) in [6.07, 6.45) is 7.03. The Kier molecular flexibility index (Phi) is 10.7. The number of amides is 1. The molecule has 3 N–H and O–H groups in total. The van der Waals surface area contributed by atoms with E-state index < -0.39 is 10.0 Å². The lowest BCUT2D eigenvalue weighted by Crippen LogP contribution is -2.27. The van der Waals surface area contributed by atoms with E-state index >= 15 is 0 Å². The second kappa shape index (κ2) is 15.3. The lowest BCUT2D eigenvalue weighted by Gasteiger charge is -2.25. The number of sulfonamides is 1. The number of anilines is 2. The fraction of sp³-hybridized carbons (Fsp3) is 0.351. The van der Waals surface area contributed by atoms with E-state index in [2.05, 4.69) is 22.5 Å². The van der Waals surface area contributed by atoms with Crippen LogP contribution in [0.4, 0.5) is 16.0 Å². The van der Waals surface area contributed by atoms with Crippen molar-refractivity contribution in [2.24, 2.45) is 0 Å². The molecule has 2 aromatic heterocycles. The predicted octanol–water partition coefficient (Wildman–Crippen LogP) is 6.12. The molecule has 262 valence electrons. The van der Waals surface area contributed by atoms with E-state index in [1.165, 1.54) is 23.5 Å². The highest BCUT2D eigenvalue weighted by atomic mass is 32.2. The zero-order chi connectivity index (χ0) is 35.3. The summed E-state index contributed by atoms with van der Waals surface area (Å²) in [5.74, 6) is -0.0591. The number of aliphatic hydroxyl groups is 1. The van der Waals surface area contributed by atoms with Crippen LogP contribution in [-0.2, 0) is 16.4 Å². The van der Waals surface area contributed by atoms with Gasteiger partial charge >= 0.3 is 0 Å². The third-order valence-corrected chi connectivity index (χ3v) is 11.0. The zero-order valence-corrected chi connectivity index (χ0v) is 29.0. The Morgan fingerprint density at radius 3 is 2.36 bits per heavy atom. The fourth-order valence-corrected chi connectivity index (χ4v) is 7.33. The minimum atomic E-state index is -3.92. The number of hydrogen-bond donors (Lipinski definition) is 3. The van der Waals surface area contributed by atoms with E-state index in [0.717, 1.165) is 48.7 Å². The highest BCUT2D eigenvalue weighted by molar-refractivity contribution is 7.92. The molecular weight excluding hydrogens is 658 g/mol. The van der Waals surface area contributed by atoms with Crippen LogP contribution < -0.4 is 14.9 Å². The van der Waals surface area contributed by atoms with Crippen LogP contribution in [0.15, 0.2) is 83.9 Å². The number of aliphatic hydroxyl groups excluding tert-OH is 1. The monoisotopic (exact) mass is 699 g/mol. The molecule has 1 saturated carbocycles. The molecule has 0 aliphatic heterocycles. The summed E-state index contributed by atoms with van der Waals surface area (Å²) in [5.41, 5.74) is 3.80. The molecule has 13 heteroatoms. The number of nitrogens with one attached hydrogen (secondary N) is 2. The molecular formula is C37H42FN7O4S. The van der Waals surface area contributed by atoms with Crippen molar-refractivity contribution in [3.8, 4) is 11.3 Å². The Morgan fingerprint density at radius 2 is 1.68 bits per heavy atom. The Labute approximate surface area is 291 Å². The Balaban J connectivity index is 1.17. The average Bonchev–Trinajstić information content (AvgIpc) is 3.51. The Hall–Kier alpha value is -4.88. The minimum absolute atomic E-state index is 0.0835. The van der Waals surface area contributed by atoms with Gasteiger partial charge in [0.25, 0.3) is 15.9 Å². The third-order valence-electron chi connectivity index (χ3n) is 9.17. The number of aromatic nitrogens is 4. The van der Waals surface area contributed by atoms with Gasteiger partial charge in [-0.15, -0.1) is 0 Å². The first-order valence-corrected chi connectivity index (χ1v) is 18.5. The minimum Gasteiger partial charge on any atom is -0.393 e. The molecule has 1 aliphatic carbocycles. The molecule has 0 radical (unpaired) electrons. The maximum atomic E-state index is 13.6. The lowest BCUT2D eigenvalue weighted by molar-refractivity contribution is 0.0954. The van der Waals surface area contributed by atoms with E-state index in [1.54, 1.807) is 66.9 Å². The van der Waals surface area contributed by atoms with Gasteiger partial charge in [-0.05, 0) is 92.6 Å². The van der Waals surface area contributed by atoms with Crippen LogP contribution >= 0.6 is 0 Å². The first kappa shape index (κ1) is 35.0. The second-order valence-corrected chi connectivity index (χ2v) is 14.6. The molecule has 5 aromatic rings. The summed E-state index contributed by atoms with van der Waals surface area (Å²) >= 11 is 0. The van der Waals surface area contributed by atoms with E-state index in [1.807, 2.05) is 4.68 Å². The van der Waals surface area contributed by atoms with Crippen LogP contribution in [0.25, 0.3) is 22.3 Å². The van der Waals surface area contributed by atoms with Crippen LogP contribution in [0.5, 0.6) is 0 Å². The first-order valence-electron chi connectivity index (χ1n) is 17.0. The molecule has 0 atom stereocenters. The number of halogens is 1. The number of hydrogen-bond acceptors (Lipinski definition) is 8. The van der Waals surface area contributed by atoms with Gasteiger partial charge in [-0.3, -0.25) is 9.10 Å². The maximum Gasteiger partial charge on any atom is 0.264 e. The van der Waals surface area contributed by atoms with Gasteiger partial charge in [-0.25, -0.2) is 22.5 Å². The van der Waals surface area contributed by atoms with Crippen LogP contribution in [0.1, 0.15) is 67.4 Å². The SMILES string of the molecule is CCCCNc1ncc2c(-c3ccc(S(=O)(=O)N(C)c4ccc(C(=O)NCCc5ccc(F)cc5)cc4)cc3)nn([C@H]3CC[C@@H](O)CC3)c2n1. The zero-order valence-electron chi connectivity index (χ0n) is 28.2. The lowest BCUT2D eigenvalue weighted by atomic mass is 9.93. The molecule has 0 unspecified atom stereocenters. The molecule has 1 amide bonds. The van der Waals surface area contributed by atoms with Gasteiger partial charge in [0.15, 0.2) is 5.65 Å². The summed E-state index contributed by atoms with van der Waals surface area (Å²) in [5, 5.41) is 22.0. The van der Waals surface area contributed by atoms with Gasteiger partial charge in [0.1, 0.15) is 11.5 Å². The van der Waals surface area contributed by atoms with E-state index in [9.17, 15) is 22.7 Å². The molecule has 50 heavy (non-hydrogen) atoms. The molecule has 0 spiro atoms. The highest BCUT2D eigenvalue weighted by Gasteiger charge is 2.27. The fourth-order valence-electron chi connectivity index (χ4n) is 6.13. The quantitative estimate of drug-likeness (QED) is 0.125. The van der Waals surface area contributed by atoms with E-state index in [0.29, 0.717) is 54.3 Å². The largest absolute Gasteiger partial charge is 0.393 e. The average molecular weight is 700 g/mol. The standard InChI is InChI=1S/C37H42FN7O4S/c1-3-4-22-40-37-41-24-33-34(43-45(35(33)42-37)30-15-17-31(46)18-16-30)26-9-19-32(20-10-26)50(48,49)44(2)29-13-7-27(8-14-29)36(47)39-23-21-25-5-11-28(38)12-6-25/h5-14,19-20,24,30-31,46H,3-4,15-18,21-23H2,1-2H3,(H,39,47)(H,40,41,42)/t30-,31+. The molecule has 3 aromatic carbocycles. The van der Waals surface area contributed by atoms with Crippen molar-refractivity contribution < 1.29 is 22.7 Å². The van der Waals surface area contributed by atoms with Crippen LogP contribution in [-0.4, -0.2) is 65.4 Å². The molecule has 0 saturated heterocycles. The number of rotatable bonds is 13. The topological polar surface area (TPSA) is 142 Å². The summed E-state index contributed by atoms with van der Waals surface area (Å²) in [6.45, 7) is 3.27. The van der Waals surface area contributed by atoms with Gasteiger partial charge in [0, 0.05) is 37.5 Å². The van der Waals surface area contributed by atoms with Crippen LogP contribution in [0, 0.1) is 5.82 Å². The van der Waals surface area contributed by atoms with Crippen molar-refractivity contribution >= 4 is 38.6 Å². The molecule has 1 aliphatic rings. The summed E-state index contributed by atoms with van der Waals surface area (Å²) < 4.78 is 43.5. The maximum absolute atomic E-state index is 13.6. The smallest absolute Gasteiger partial charge is 0.264 e. The summed E-state index contributed by atoms with van der Waals surface area (Å²) in [6, 6.07) is 19.2. The van der Waals surface area contributed by atoms with Crippen LogP contribution in [0.3, 0.4) is 0 Å². The number of fused-ring (bicyclic) bond motifs is 1. The van der Waals surface area contributed by atoms with Crippen molar-refractivity contribution in [1.82, 2.24) is 25.1 Å². The van der Waals surface area contributed by atoms with Gasteiger partial charge in [-0.1, -0.05) is 37.6 Å². The molecule has 6 rings (SSSR count). The van der Waals surface area contributed by atoms with Crippen LogP contribution in [0.2, 0.25) is 0 Å². The Bertz CT molecular complexity index is 2030. The van der Waals surface area contributed by atoms with Crippen molar-refractivity contribution in [3.05, 3.63) is 95.9 Å². The number of unbranched alkanes of at least 4 members (excludes halogenated alkanes) is 1. The van der Waals surface area contributed by atoms with Gasteiger partial charge < -0.3 is 15.7 Å². The second-order valence-electron chi connectivity index (χ2n) is 12.6. The normalized spacial score (nSPS) is 16.3. The van der Waals surface area contributed by atoms with Crippen molar-refractivity contribution in [2.45, 2.75) is 68.9 Å². The van der Waals surface area contributed by atoms with Crippen molar-refractivity contribution in [2.75, 3.05) is 29.8 Å². The van der Waals surface area contributed by atoms with Gasteiger partial charge in [0.2, 0.25) is 5.95 Å². The van der Waals surface area contributed by atoms with E-state index in [-0.39, 0.29) is 28.8 Å².